The predicted octanol–water partition coefficient (Wildman–Crippen LogP) is 1.87. The van der Waals surface area contributed by atoms with Crippen LogP contribution in [0.3, 0.4) is 0 Å². The summed E-state index contributed by atoms with van der Waals surface area (Å²) in [5.74, 6) is 0.672. The minimum atomic E-state index is -0.232. The van der Waals surface area contributed by atoms with Crippen LogP contribution in [0.2, 0.25) is 0 Å². The number of hydrogen-bond acceptors (Lipinski definition) is 5. The van der Waals surface area contributed by atoms with E-state index in [0.717, 1.165) is 10.9 Å². The van der Waals surface area contributed by atoms with Gasteiger partial charge < -0.3 is 15.2 Å². The Kier molecular flexibility index (Phi) is 3.52. The van der Waals surface area contributed by atoms with Crippen LogP contribution < -0.4 is 10.6 Å². The molecule has 0 fully saturated rings. The highest BCUT2D eigenvalue weighted by molar-refractivity contribution is 5.99. The number of anilines is 2. The minimum Gasteiger partial charge on any atom is -0.356 e. The van der Waals surface area contributed by atoms with Gasteiger partial charge >= 0.3 is 0 Å². The van der Waals surface area contributed by atoms with Crippen LogP contribution in [-0.4, -0.2) is 26.8 Å². The molecule has 1 aliphatic rings. The van der Waals surface area contributed by atoms with Crippen molar-refractivity contribution in [3.63, 3.8) is 0 Å². The lowest BCUT2D eigenvalue weighted by Gasteiger charge is -2.19. The van der Waals surface area contributed by atoms with E-state index in [1.165, 1.54) is 0 Å². The van der Waals surface area contributed by atoms with Gasteiger partial charge in [0.25, 0.3) is 0 Å². The SMILES string of the molecule is C[C@H]1Cc2c(NC(=O)Cc3noc4ccccc34)nn(C)c2NC1=O. The maximum Gasteiger partial charge on any atom is 0.231 e. The van der Waals surface area contributed by atoms with Gasteiger partial charge in [0.2, 0.25) is 11.8 Å². The van der Waals surface area contributed by atoms with Crippen LogP contribution in [0.4, 0.5) is 11.6 Å². The van der Waals surface area contributed by atoms with Gasteiger partial charge in [-0.05, 0) is 18.6 Å². The van der Waals surface area contributed by atoms with Gasteiger partial charge in [-0.1, -0.05) is 24.2 Å². The Morgan fingerprint density at radius 3 is 3.08 bits per heavy atom. The quantitative estimate of drug-likeness (QED) is 0.758. The number of nitrogens with zero attached hydrogens (tertiary/aromatic N) is 3. The molecule has 8 heteroatoms. The van der Waals surface area contributed by atoms with Gasteiger partial charge in [0, 0.05) is 23.9 Å². The number of aromatic nitrogens is 3. The van der Waals surface area contributed by atoms with Crippen molar-refractivity contribution in [1.82, 2.24) is 14.9 Å². The number of amides is 2. The molecule has 25 heavy (non-hydrogen) atoms. The molecule has 1 aromatic carbocycles. The molecule has 3 aromatic rings. The average Bonchev–Trinajstić information content (AvgIpc) is 3.11. The van der Waals surface area contributed by atoms with Gasteiger partial charge in [-0.3, -0.25) is 14.3 Å². The van der Waals surface area contributed by atoms with Crippen molar-refractivity contribution >= 4 is 34.4 Å². The van der Waals surface area contributed by atoms with Crippen molar-refractivity contribution in [3.8, 4) is 0 Å². The molecule has 2 amide bonds. The van der Waals surface area contributed by atoms with Crippen LogP contribution in [0.5, 0.6) is 0 Å². The summed E-state index contributed by atoms with van der Waals surface area (Å²) >= 11 is 0. The van der Waals surface area contributed by atoms with E-state index < -0.39 is 0 Å². The van der Waals surface area contributed by atoms with E-state index in [0.29, 0.717) is 29.3 Å². The lowest BCUT2D eigenvalue weighted by atomic mass is 9.98. The molecule has 1 atom stereocenters. The van der Waals surface area contributed by atoms with Gasteiger partial charge in [0.1, 0.15) is 11.5 Å². The molecule has 1 aliphatic heterocycles. The van der Waals surface area contributed by atoms with E-state index >= 15 is 0 Å². The fraction of sp³-hybridized carbons (Fsp3) is 0.294. The van der Waals surface area contributed by atoms with Crippen molar-refractivity contribution in [1.29, 1.82) is 0 Å². The maximum absolute atomic E-state index is 12.4. The Hall–Kier alpha value is -3.16. The normalized spacial score (nSPS) is 16.6. The van der Waals surface area contributed by atoms with E-state index in [1.807, 2.05) is 31.2 Å². The smallest absolute Gasteiger partial charge is 0.231 e. The number of fused-ring (bicyclic) bond motifs is 2. The second kappa shape index (κ2) is 5.73. The number of carbonyl (C=O) groups excluding carboxylic acids is 2. The molecule has 3 heterocycles. The third-order valence-corrected chi connectivity index (χ3v) is 4.38. The molecule has 0 spiro atoms. The average molecular weight is 339 g/mol. The predicted molar refractivity (Wildman–Crippen MR) is 91.0 cm³/mol. The fourth-order valence-electron chi connectivity index (χ4n) is 3.05. The number of nitrogens with one attached hydrogen (secondary N) is 2. The van der Waals surface area contributed by atoms with Gasteiger partial charge in [-0.25, -0.2) is 0 Å². The van der Waals surface area contributed by atoms with Gasteiger partial charge in [0.15, 0.2) is 11.4 Å². The largest absolute Gasteiger partial charge is 0.356 e. The molecule has 0 saturated heterocycles. The Morgan fingerprint density at radius 2 is 2.24 bits per heavy atom. The van der Waals surface area contributed by atoms with E-state index in [9.17, 15) is 9.59 Å². The van der Waals surface area contributed by atoms with Crippen LogP contribution in [0.15, 0.2) is 28.8 Å². The molecule has 8 nitrogen and oxygen atoms in total. The van der Waals surface area contributed by atoms with Crippen LogP contribution in [0.1, 0.15) is 18.2 Å². The third-order valence-electron chi connectivity index (χ3n) is 4.38. The number of benzene rings is 1. The number of carbonyl (C=O) groups is 2. The van der Waals surface area contributed by atoms with E-state index in [1.54, 1.807) is 11.7 Å². The first-order chi connectivity index (χ1) is 12.0. The summed E-state index contributed by atoms with van der Waals surface area (Å²) in [6, 6.07) is 7.41. The number of hydrogen-bond donors (Lipinski definition) is 2. The summed E-state index contributed by atoms with van der Waals surface area (Å²) in [7, 11) is 1.73. The summed E-state index contributed by atoms with van der Waals surface area (Å²) in [6.07, 6.45) is 0.627. The van der Waals surface area contributed by atoms with Crippen LogP contribution in [-0.2, 0) is 29.5 Å². The topological polar surface area (TPSA) is 102 Å². The second-order valence-corrected chi connectivity index (χ2v) is 6.24. The summed E-state index contributed by atoms with van der Waals surface area (Å²) < 4.78 is 6.79. The van der Waals surface area contributed by atoms with Crippen molar-refractivity contribution in [2.24, 2.45) is 13.0 Å². The zero-order chi connectivity index (χ0) is 17.6. The van der Waals surface area contributed by atoms with Crippen molar-refractivity contribution in [3.05, 3.63) is 35.5 Å². The molecule has 2 aromatic heterocycles. The molecule has 128 valence electrons. The number of aryl methyl sites for hydroxylation is 1. The fourth-order valence-corrected chi connectivity index (χ4v) is 3.05. The molecule has 0 unspecified atom stereocenters. The molecular weight excluding hydrogens is 322 g/mol. The molecule has 2 N–H and O–H groups in total. The van der Waals surface area contributed by atoms with E-state index in [4.69, 9.17) is 4.52 Å². The molecule has 4 rings (SSSR count). The summed E-state index contributed by atoms with van der Waals surface area (Å²) in [6.45, 7) is 1.85. The summed E-state index contributed by atoms with van der Waals surface area (Å²) in [4.78, 5) is 24.3. The van der Waals surface area contributed by atoms with Gasteiger partial charge in [0.05, 0.1) is 6.42 Å². The third kappa shape index (κ3) is 2.65. The first-order valence-corrected chi connectivity index (χ1v) is 8.03. The Labute approximate surface area is 143 Å². The number of para-hydroxylation sites is 1. The van der Waals surface area contributed by atoms with E-state index in [2.05, 4.69) is 20.9 Å². The lowest BCUT2D eigenvalue weighted by Crippen LogP contribution is -2.28. The maximum atomic E-state index is 12.4. The second-order valence-electron chi connectivity index (χ2n) is 6.24. The standard InChI is InChI=1S/C17H17N5O3/c1-9-7-11-15(20-22(2)16(11)19-17(9)24)18-14(23)8-12-10-5-3-4-6-13(10)25-21-12/h3-6,9H,7-8H2,1-2H3,(H,19,24)(H,18,20,23)/t9-/m0/s1. The Bertz CT molecular complexity index is 987. The monoisotopic (exact) mass is 339 g/mol. The highest BCUT2D eigenvalue weighted by Gasteiger charge is 2.29. The molecule has 0 radical (unpaired) electrons. The molecular formula is C17H17N5O3. The Morgan fingerprint density at radius 1 is 1.44 bits per heavy atom. The molecule has 0 bridgehead atoms. The van der Waals surface area contributed by atoms with Crippen LogP contribution in [0.25, 0.3) is 11.0 Å². The van der Waals surface area contributed by atoms with E-state index in [-0.39, 0.29) is 24.2 Å². The zero-order valence-electron chi connectivity index (χ0n) is 13.9. The minimum absolute atomic E-state index is 0.0394. The van der Waals surface area contributed by atoms with Crippen molar-refractivity contribution in [2.75, 3.05) is 10.6 Å². The molecule has 0 saturated carbocycles. The van der Waals surface area contributed by atoms with Gasteiger partial charge in [-0.15, -0.1) is 0 Å². The van der Waals surface area contributed by atoms with Crippen molar-refractivity contribution in [2.45, 2.75) is 19.8 Å². The molecule has 0 aliphatic carbocycles. The highest BCUT2D eigenvalue weighted by Crippen LogP contribution is 2.31. The van der Waals surface area contributed by atoms with Crippen LogP contribution >= 0.6 is 0 Å². The summed E-state index contributed by atoms with van der Waals surface area (Å²) in [5, 5.41) is 14.8. The highest BCUT2D eigenvalue weighted by atomic mass is 16.5. The zero-order valence-corrected chi connectivity index (χ0v) is 13.9. The summed E-state index contributed by atoms with van der Waals surface area (Å²) in [5.41, 5.74) is 2.07. The van der Waals surface area contributed by atoms with Crippen molar-refractivity contribution < 1.29 is 14.1 Å². The lowest BCUT2D eigenvalue weighted by molar-refractivity contribution is -0.119. The first kappa shape index (κ1) is 15.4. The van der Waals surface area contributed by atoms with Gasteiger partial charge in [-0.2, -0.15) is 5.10 Å². The first-order valence-electron chi connectivity index (χ1n) is 8.03. The van der Waals surface area contributed by atoms with Crippen LogP contribution in [0, 0.1) is 5.92 Å². The number of rotatable bonds is 3. The Balaban J connectivity index is 1.56.